The van der Waals surface area contributed by atoms with E-state index in [0.717, 1.165) is 12.2 Å². The van der Waals surface area contributed by atoms with E-state index in [1.165, 1.54) is 0 Å². The first-order valence-corrected chi connectivity index (χ1v) is 5.04. The van der Waals surface area contributed by atoms with Gasteiger partial charge in [0.2, 0.25) is 5.91 Å². The van der Waals surface area contributed by atoms with E-state index in [2.05, 4.69) is 20.8 Å². The van der Waals surface area contributed by atoms with Crippen molar-refractivity contribution in [2.24, 2.45) is 0 Å². The Hall–Kier alpha value is -1.46. The zero-order valence-electron chi connectivity index (χ0n) is 9.40. The molecule has 1 N–H and O–H groups in total. The monoisotopic (exact) mass is 209 g/mol. The van der Waals surface area contributed by atoms with Gasteiger partial charge >= 0.3 is 0 Å². The van der Waals surface area contributed by atoms with Crippen LogP contribution in [0.15, 0.2) is 0 Å². The molecular formula is C9H15N5O. The van der Waals surface area contributed by atoms with E-state index < -0.39 is 11.1 Å². The Morgan fingerprint density at radius 1 is 1.40 bits per heavy atom. The number of nitrogens with one attached hydrogen (secondary N) is 1. The first-order chi connectivity index (χ1) is 6.92. The average molecular weight is 209 g/mol. The van der Waals surface area contributed by atoms with Gasteiger partial charge in [-0.3, -0.25) is 4.79 Å². The molecule has 1 aromatic rings. The molecule has 1 aliphatic heterocycles. The van der Waals surface area contributed by atoms with Gasteiger partial charge in [-0.15, -0.1) is 5.10 Å². The summed E-state index contributed by atoms with van der Waals surface area (Å²) in [4.78, 5) is 11.9. The van der Waals surface area contributed by atoms with E-state index in [9.17, 15) is 4.79 Å². The van der Waals surface area contributed by atoms with Gasteiger partial charge in [-0.2, -0.15) is 0 Å². The van der Waals surface area contributed by atoms with Gasteiger partial charge in [-0.1, -0.05) is 6.92 Å². The van der Waals surface area contributed by atoms with Crippen LogP contribution < -0.4 is 5.32 Å². The van der Waals surface area contributed by atoms with Gasteiger partial charge in [0.25, 0.3) is 0 Å². The number of aromatic nitrogens is 4. The van der Waals surface area contributed by atoms with Crippen LogP contribution in [0, 0.1) is 0 Å². The third kappa shape index (κ3) is 1.17. The molecule has 1 aromatic heterocycles. The fourth-order valence-electron chi connectivity index (χ4n) is 1.71. The highest BCUT2D eigenvalue weighted by molar-refractivity contribution is 5.85. The first kappa shape index (κ1) is 10.1. The van der Waals surface area contributed by atoms with Gasteiger partial charge in [-0.25, -0.2) is 4.68 Å². The number of tetrazole rings is 1. The number of nitrogens with zero attached hydrogens (tertiary/aromatic N) is 4. The van der Waals surface area contributed by atoms with Crippen molar-refractivity contribution in [2.45, 2.75) is 45.2 Å². The Kier molecular flexibility index (Phi) is 1.86. The Labute approximate surface area is 88.0 Å². The van der Waals surface area contributed by atoms with E-state index in [1.54, 1.807) is 18.5 Å². The van der Waals surface area contributed by atoms with Crippen LogP contribution in [0.4, 0.5) is 0 Å². The average Bonchev–Trinajstić information content (AvgIpc) is 2.65. The molecule has 0 radical (unpaired) electrons. The molecule has 0 unspecified atom stereocenters. The van der Waals surface area contributed by atoms with Crippen LogP contribution in [-0.2, 0) is 15.9 Å². The molecule has 2 rings (SSSR count). The molecular weight excluding hydrogens is 194 g/mol. The quantitative estimate of drug-likeness (QED) is 0.715. The van der Waals surface area contributed by atoms with Gasteiger partial charge in [0.15, 0.2) is 5.82 Å². The molecule has 1 aliphatic rings. The number of carbonyl (C=O) groups is 1. The SMILES string of the molecule is CC[C@@]1(C)NC(=O)C(C)(C)n2nnnc21. The highest BCUT2D eigenvalue weighted by atomic mass is 16.2. The molecule has 0 aliphatic carbocycles. The Morgan fingerprint density at radius 2 is 2.07 bits per heavy atom. The third-order valence-corrected chi connectivity index (χ3v) is 3.14. The lowest BCUT2D eigenvalue weighted by atomic mass is 9.90. The predicted molar refractivity (Wildman–Crippen MR) is 52.9 cm³/mol. The zero-order valence-corrected chi connectivity index (χ0v) is 9.40. The molecule has 1 atom stereocenters. The maximum atomic E-state index is 11.9. The summed E-state index contributed by atoms with van der Waals surface area (Å²) in [5, 5.41) is 14.5. The van der Waals surface area contributed by atoms with Crippen LogP contribution in [0.25, 0.3) is 0 Å². The molecule has 0 fully saturated rings. The van der Waals surface area contributed by atoms with Crippen LogP contribution in [0.5, 0.6) is 0 Å². The normalized spacial score (nSPS) is 28.4. The maximum Gasteiger partial charge on any atom is 0.248 e. The lowest BCUT2D eigenvalue weighted by Crippen LogP contribution is -2.59. The lowest BCUT2D eigenvalue weighted by Gasteiger charge is -2.39. The highest BCUT2D eigenvalue weighted by Crippen LogP contribution is 2.31. The summed E-state index contributed by atoms with van der Waals surface area (Å²) < 4.78 is 1.61. The Bertz CT molecular complexity index is 410. The van der Waals surface area contributed by atoms with Crippen LogP contribution >= 0.6 is 0 Å². The van der Waals surface area contributed by atoms with Crippen LogP contribution in [0.3, 0.4) is 0 Å². The number of amides is 1. The number of carbonyl (C=O) groups excluding carboxylic acids is 1. The fourth-order valence-corrected chi connectivity index (χ4v) is 1.71. The molecule has 6 heteroatoms. The standard InChI is InChI=1S/C9H15N5O/c1-5-9(4)6-11-12-13-14(6)8(2,3)7(15)10-9/h5H2,1-4H3,(H,10,15)/t9-/m1/s1. The van der Waals surface area contributed by atoms with Crippen molar-refractivity contribution in [1.82, 2.24) is 25.5 Å². The number of fused-ring (bicyclic) bond motifs is 1. The Morgan fingerprint density at radius 3 is 2.67 bits per heavy atom. The number of hydrogen-bond acceptors (Lipinski definition) is 4. The molecule has 0 aromatic carbocycles. The van der Waals surface area contributed by atoms with E-state index in [4.69, 9.17) is 0 Å². The zero-order chi connectivity index (χ0) is 11.3. The summed E-state index contributed by atoms with van der Waals surface area (Å²) in [6.07, 6.45) is 0.759. The first-order valence-electron chi connectivity index (χ1n) is 5.04. The second kappa shape index (κ2) is 2.77. The number of hydrogen-bond donors (Lipinski definition) is 1. The van der Waals surface area contributed by atoms with Gasteiger partial charge < -0.3 is 5.32 Å². The van der Waals surface area contributed by atoms with Gasteiger partial charge in [0, 0.05) is 0 Å². The minimum absolute atomic E-state index is 0.0494. The third-order valence-electron chi connectivity index (χ3n) is 3.14. The van der Waals surface area contributed by atoms with Crippen molar-refractivity contribution in [3.8, 4) is 0 Å². The summed E-state index contributed by atoms with van der Waals surface area (Å²) in [7, 11) is 0. The van der Waals surface area contributed by atoms with Crippen molar-refractivity contribution >= 4 is 5.91 Å². The predicted octanol–water partition coefficient (Wildman–Crippen LogP) is 0.163. The van der Waals surface area contributed by atoms with Crippen molar-refractivity contribution in [2.75, 3.05) is 0 Å². The largest absolute Gasteiger partial charge is 0.341 e. The van der Waals surface area contributed by atoms with Crippen LogP contribution in [0.1, 0.15) is 39.9 Å². The van der Waals surface area contributed by atoms with Crippen molar-refractivity contribution in [3.05, 3.63) is 5.82 Å². The topological polar surface area (TPSA) is 72.7 Å². The van der Waals surface area contributed by atoms with Gasteiger partial charge in [0.1, 0.15) is 5.54 Å². The van der Waals surface area contributed by atoms with Crippen molar-refractivity contribution in [3.63, 3.8) is 0 Å². The van der Waals surface area contributed by atoms with E-state index >= 15 is 0 Å². The van der Waals surface area contributed by atoms with Crippen molar-refractivity contribution < 1.29 is 4.79 Å². The summed E-state index contributed by atoms with van der Waals surface area (Å²) in [5.41, 5.74) is -1.18. The van der Waals surface area contributed by atoms with Crippen molar-refractivity contribution in [1.29, 1.82) is 0 Å². The molecule has 2 heterocycles. The van der Waals surface area contributed by atoms with E-state index in [0.29, 0.717) is 0 Å². The summed E-state index contributed by atoms with van der Waals surface area (Å²) in [6, 6.07) is 0. The lowest BCUT2D eigenvalue weighted by molar-refractivity contribution is -0.133. The van der Waals surface area contributed by atoms with Crippen LogP contribution in [-0.4, -0.2) is 26.1 Å². The molecule has 0 bridgehead atoms. The van der Waals surface area contributed by atoms with E-state index in [1.807, 2.05) is 13.8 Å². The molecule has 0 saturated carbocycles. The molecule has 15 heavy (non-hydrogen) atoms. The number of rotatable bonds is 1. The Balaban J connectivity index is 2.62. The summed E-state index contributed by atoms with van der Waals surface area (Å²) >= 11 is 0. The van der Waals surface area contributed by atoms with Gasteiger partial charge in [0.05, 0.1) is 5.54 Å². The second-order valence-electron chi connectivity index (χ2n) is 4.61. The minimum Gasteiger partial charge on any atom is -0.341 e. The van der Waals surface area contributed by atoms with Crippen LogP contribution in [0.2, 0.25) is 0 Å². The fraction of sp³-hybridized carbons (Fsp3) is 0.778. The maximum absolute atomic E-state index is 11.9. The molecule has 0 saturated heterocycles. The highest BCUT2D eigenvalue weighted by Gasteiger charge is 2.46. The minimum atomic E-state index is -0.715. The molecule has 6 nitrogen and oxygen atoms in total. The molecule has 0 spiro atoms. The molecule has 1 amide bonds. The van der Waals surface area contributed by atoms with E-state index in [-0.39, 0.29) is 5.91 Å². The molecule has 82 valence electrons. The second-order valence-corrected chi connectivity index (χ2v) is 4.61. The smallest absolute Gasteiger partial charge is 0.248 e. The van der Waals surface area contributed by atoms with Gasteiger partial charge in [-0.05, 0) is 37.6 Å². The summed E-state index contributed by atoms with van der Waals surface area (Å²) in [6.45, 7) is 7.54. The summed E-state index contributed by atoms with van der Waals surface area (Å²) in [5.74, 6) is 0.668.